The summed E-state index contributed by atoms with van der Waals surface area (Å²) in [6.45, 7) is 1.34. The molecule has 1 aromatic rings. The Hall–Kier alpha value is -1.80. The van der Waals surface area contributed by atoms with Gasteiger partial charge < -0.3 is 29.6 Å². The van der Waals surface area contributed by atoms with E-state index in [9.17, 15) is 38.4 Å². The Kier molecular flexibility index (Phi) is 4.34. The van der Waals surface area contributed by atoms with Gasteiger partial charge in [0.2, 0.25) is 11.8 Å². The second-order valence-electron chi connectivity index (χ2n) is 4.64. The number of halogens is 3. The lowest BCUT2D eigenvalue weighted by Crippen LogP contribution is -2.64. The summed E-state index contributed by atoms with van der Waals surface area (Å²) in [5.41, 5.74) is 0. The molecule has 0 aliphatic carbocycles. The van der Waals surface area contributed by atoms with Gasteiger partial charge in [-0.1, -0.05) is 0 Å². The molecular weight excluding hydrogens is 333 g/mol. The van der Waals surface area contributed by atoms with Crippen LogP contribution in [0.25, 0.3) is 0 Å². The first-order valence-electron chi connectivity index (χ1n) is 6.00. The van der Waals surface area contributed by atoms with E-state index in [-0.39, 0.29) is 5.89 Å². The lowest BCUT2D eigenvalue weighted by Gasteiger charge is -2.43. The number of alkyl halides is 3. The van der Waals surface area contributed by atoms with Crippen LogP contribution in [0.15, 0.2) is 4.42 Å². The summed E-state index contributed by atoms with van der Waals surface area (Å²) >= 11 is 0. The average Bonchev–Trinajstić information content (AvgIpc) is 2.86. The van der Waals surface area contributed by atoms with Gasteiger partial charge in [0, 0.05) is 6.92 Å². The second kappa shape index (κ2) is 5.68. The quantitative estimate of drug-likeness (QED) is 0.360. The predicted molar refractivity (Wildman–Crippen MR) is 58.0 cm³/mol. The van der Waals surface area contributed by atoms with Gasteiger partial charge >= 0.3 is 18.1 Å². The molecular formula is C10H11F3N2O8. The molecule has 2 rings (SSSR count). The molecule has 5 atom stereocenters. The van der Waals surface area contributed by atoms with Crippen molar-refractivity contribution in [1.29, 1.82) is 0 Å². The first-order valence-corrected chi connectivity index (χ1v) is 6.00. The van der Waals surface area contributed by atoms with Crippen molar-refractivity contribution in [2.45, 2.75) is 43.5 Å². The zero-order valence-corrected chi connectivity index (χ0v) is 11.3. The van der Waals surface area contributed by atoms with Crippen LogP contribution in [0.3, 0.4) is 0 Å². The number of aliphatic hydroxyl groups is 4. The zero-order chi connectivity index (χ0) is 17.6. The van der Waals surface area contributed by atoms with Gasteiger partial charge in [-0.25, -0.2) is 4.79 Å². The van der Waals surface area contributed by atoms with Crippen LogP contribution in [0.4, 0.5) is 13.2 Å². The van der Waals surface area contributed by atoms with Crippen LogP contribution >= 0.6 is 0 Å². The Labute approximate surface area is 125 Å². The van der Waals surface area contributed by atoms with Crippen LogP contribution in [-0.4, -0.2) is 67.1 Å². The Morgan fingerprint density at radius 1 is 1.26 bits per heavy atom. The maximum atomic E-state index is 12.2. The van der Waals surface area contributed by atoms with Gasteiger partial charge in [0.1, 0.15) is 12.2 Å². The van der Waals surface area contributed by atoms with Gasteiger partial charge in [0.05, 0.1) is 0 Å². The summed E-state index contributed by atoms with van der Waals surface area (Å²) < 4.78 is 49.8. The van der Waals surface area contributed by atoms with E-state index < -0.39 is 48.4 Å². The number of esters is 1. The fourth-order valence-corrected chi connectivity index (χ4v) is 1.80. The van der Waals surface area contributed by atoms with Crippen LogP contribution in [0.2, 0.25) is 0 Å². The summed E-state index contributed by atoms with van der Waals surface area (Å²) in [5, 5.41) is 45.5. The molecule has 1 aliphatic heterocycles. The molecule has 0 amide bonds. The number of carbonyl (C=O) groups is 1. The molecule has 1 aromatic heterocycles. The maximum Gasteiger partial charge on any atom is 0.491 e. The van der Waals surface area contributed by atoms with Crippen molar-refractivity contribution in [3.05, 3.63) is 11.8 Å². The smallest absolute Gasteiger partial charge is 0.423 e. The molecule has 0 saturated carbocycles. The summed E-state index contributed by atoms with van der Waals surface area (Å²) in [5.74, 6) is -7.03. The van der Waals surface area contributed by atoms with Gasteiger partial charge in [-0.3, -0.25) is 4.74 Å². The molecule has 2 heterocycles. The third-order valence-corrected chi connectivity index (χ3v) is 2.91. The summed E-state index contributed by atoms with van der Waals surface area (Å²) in [4.78, 5) is 10.8. The molecule has 1 aliphatic rings. The van der Waals surface area contributed by atoms with Crippen LogP contribution < -0.4 is 0 Å². The van der Waals surface area contributed by atoms with Gasteiger partial charge in [-0.15, -0.1) is 10.2 Å². The highest BCUT2D eigenvalue weighted by atomic mass is 19.4. The van der Waals surface area contributed by atoms with Crippen molar-refractivity contribution in [2.75, 3.05) is 0 Å². The number of ether oxygens (including phenoxy) is 2. The monoisotopic (exact) mass is 344 g/mol. The van der Waals surface area contributed by atoms with Crippen molar-refractivity contribution in [3.63, 3.8) is 0 Å². The highest BCUT2D eigenvalue weighted by molar-refractivity contribution is 5.75. The number of rotatable bonds is 2. The highest BCUT2D eigenvalue weighted by Gasteiger charge is 2.59. The Morgan fingerprint density at radius 3 is 2.35 bits per heavy atom. The molecule has 130 valence electrons. The summed E-state index contributed by atoms with van der Waals surface area (Å²) in [7, 11) is 0. The summed E-state index contributed by atoms with van der Waals surface area (Å²) in [6, 6.07) is 0. The normalized spacial score (nSPS) is 35.1. The molecule has 0 spiro atoms. The average molecular weight is 344 g/mol. The molecule has 0 aromatic carbocycles. The van der Waals surface area contributed by atoms with E-state index in [0.29, 0.717) is 0 Å². The number of carbonyl (C=O) groups excluding carboxylic acids is 1. The van der Waals surface area contributed by atoms with Gasteiger partial charge in [0.15, 0.2) is 12.2 Å². The standard InChI is InChI=1S/C10H11F3N2O8/c1-2-14-15-7(21-2)5-3(16)4(17)6(18)10(20,22-5)23-8(19)9(11,12)13/h3-6,16-18,20H,1H3/t3-,4-,5?,6+,10-/m0/s1. The number of aliphatic hydroxyl groups excluding tert-OH is 3. The predicted octanol–water partition coefficient (Wildman–Crippen LogP) is -1.72. The molecule has 1 saturated heterocycles. The molecule has 10 nitrogen and oxygen atoms in total. The lowest BCUT2D eigenvalue weighted by atomic mass is 9.97. The largest absolute Gasteiger partial charge is 0.491 e. The Balaban J connectivity index is 2.30. The minimum atomic E-state index is -5.50. The topological polar surface area (TPSA) is 155 Å². The van der Waals surface area contributed by atoms with Gasteiger partial charge in [0.25, 0.3) is 0 Å². The maximum absolute atomic E-state index is 12.2. The van der Waals surface area contributed by atoms with Crippen molar-refractivity contribution in [1.82, 2.24) is 10.2 Å². The second-order valence-corrected chi connectivity index (χ2v) is 4.64. The molecule has 0 bridgehead atoms. The van der Waals surface area contributed by atoms with E-state index in [1.54, 1.807) is 0 Å². The Morgan fingerprint density at radius 2 is 1.87 bits per heavy atom. The van der Waals surface area contributed by atoms with E-state index >= 15 is 0 Å². The minimum absolute atomic E-state index is 0.0211. The molecule has 1 fully saturated rings. The molecule has 1 unspecified atom stereocenters. The van der Waals surface area contributed by atoms with E-state index in [0.717, 1.165) is 0 Å². The molecule has 13 heteroatoms. The van der Waals surface area contributed by atoms with Gasteiger partial charge in [-0.2, -0.15) is 13.2 Å². The van der Waals surface area contributed by atoms with Gasteiger partial charge in [-0.05, 0) is 0 Å². The van der Waals surface area contributed by atoms with E-state index in [4.69, 9.17) is 4.42 Å². The first kappa shape index (κ1) is 17.6. The van der Waals surface area contributed by atoms with Crippen molar-refractivity contribution >= 4 is 5.97 Å². The number of aryl methyl sites for hydroxylation is 1. The van der Waals surface area contributed by atoms with Crippen LogP contribution in [-0.2, 0) is 14.3 Å². The number of hydrogen-bond donors (Lipinski definition) is 4. The van der Waals surface area contributed by atoms with Crippen molar-refractivity contribution < 1.29 is 52.3 Å². The molecule has 0 radical (unpaired) electrons. The minimum Gasteiger partial charge on any atom is -0.423 e. The molecule has 4 N–H and O–H groups in total. The highest BCUT2D eigenvalue weighted by Crippen LogP contribution is 2.38. The number of aromatic nitrogens is 2. The van der Waals surface area contributed by atoms with Crippen LogP contribution in [0, 0.1) is 6.92 Å². The van der Waals surface area contributed by atoms with Crippen LogP contribution in [0.5, 0.6) is 0 Å². The van der Waals surface area contributed by atoms with Crippen molar-refractivity contribution in [3.8, 4) is 0 Å². The third-order valence-electron chi connectivity index (χ3n) is 2.91. The summed E-state index contributed by atoms with van der Waals surface area (Å²) in [6.07, 6.45) is -14.2. The third kappa shape index (κ3) is 3.28. The van der Waals surface area contributed by atoms with E-state index in [1.807, 2.05) is 0 Å². The van der Waals surface area contributed by atoms with Crippen LogP contribution in [0.1, 0.15) is 17.9 Å². The van der Waals surface area contributed by atoms with Crippen molar-refractivity contribution in [2.24, 2.45) is 0 Å². The SMILES string of the molecule is Cc1nnc(C2O[C@](O)(OC(=O)C(F)(F)F)[C@H](O)[C@@H](O)[C@@H]2O)o1. The van der Waals surface area contributed by atoms with E-state index in [1.165, 1.54) is 6.92 Å². The number of hydrogen-bond acceptors (Lipinski definition) is 10. The fourth-order valence-electron chi connectivity index (χ4n) is 1.80. The van der Waals surface area contributed by atoms with E-state index in [2.05, 4.69) is 19.7 Å². The Bertz CT molecular complexity index is 593. The molecule has 23 heavy (non-hydrogen) atoms. The fraction of sp³-hybridized carbons (Fsp3) is 0.700. The number of nitrogens with zero attached hydrogens (tertiary/aromatic N) is 2. The zero-order valence-electron chi connectivity index (χ0n) is 11.3. The lowest BCUT2D eigenvalue weighted by molar-refractivity contribution is -0.440. The first-order chi connectivity index (χ1) is 10.5.